The van der Waals surface area contributed by atoms with Crippen LogP contribution in [-0.4, -0.2) is 42.1 Å². The zero-order chi connectivity index (χ0) is 13.8. The van der Waals surface area contributed by atoms with Crippen molar-refractivity contribution in [3.05, 3.63) is 36.2 Å². The summed E-state index contributed by atoms with van der Waals surface area (Å²) in [6.07, 6.45) is 6.59. The minimum Gasteiger partial charge on any atom is -0.381 e. The van der Waals surface area contributed by atoms with Crippen LogP contribution in [0.15, 0.2) is 30.5 Å². The Morgan fingerprint density at radius 3 is 2.80 bits per heavy atom. The summed E-state index contributed by atoms with van der Waals surface area (Å²) in [6.45, 7) is 2.96. The monoisotopic (exact) mass is 272 g/mol. The van der Waals surface area contributed by atoms with Gasteiger partial charge in [0.05, 0.1) is 5.69 Å². The fourth-order valence-electron chi connectivity index (χ4n) is 2.86. The van der Waals surface area contributed by atoms with Gasteiger partial charge in [-0.15, -0.1) is 0 Å². The highest BCUT2D eigenvalue weighted by Crippen LogP contribution is 2.23. The van der Waals surface area contributed by atoms with E-state index in [4.69, 9.17) is 4.74 Å². The van der Waals surface area contributed by atoms with Gasteiger partial charge in [0.25, 0.3) is 0 Å². The highest BCUT2D eigenvalue weighted by molar-refractivity contribution is 5.80. The van der Waals surface area contributed by atoms with Crippen molar-refractivity contribution in [1.29, 1.82) is 0 Å². The molecule has 0 atom stereocenters. The molecule has 0 saturated carbocycles. The molecule has 0 unspecified atom stereocenters. The van der Waals surface area contributed by atoms with E-state index in [-0.39, 0.29) is 5.92 Å². The third-order valence-corrected chi connectivity index (χ3v) is 4.09. The Balaban J connectivity index is 1.62. The average Bonchev–Trinajstić information content (AvgIpc) is 2.56. The van der Waals surface area contributed by atoms with Crippen LogP contribution in [-0.2, 0) is 9.53 Å². The summed E-state index contributed by atoms with van der Waals surface area (Å²) < 4.78 is 5.32. The quantitative estimate of drug-likeness (QED) is 0.828. The summed E-state index contributed by atoms with van der Waals surface area (Å²) in [5, 5.41) is 0. The molecule has 4 nitrogen and oxygen atoms in total. The standard InChI is InChI=1S/C16H20N2O2/c19-16(14-6-11-20-12-7-14)18-9-4-13(5-10-18)15-3-1-2-8-17-15/h1-4,8,14H,5-7,9-12H2. The number of carbonyl (C=O) groups is 1. The highest BCUT2D eigenvalue weighted by atomic mass is 16.5. The Morgan fingerprint density at radius 2 is 2.15 bits per heavy atom. The van der Waals surface area contributed by atoms with E-state index in [2.05, 4.69) is 11.1 Å². The molecule has 1 aromatic heterocycles. The Morgan fingerprint density at radius 1 is 1.30 bits per heavy atom. The number of amides is 1. The highest BCUT2D eigenvalue weighted by Gasteiger charge is 2.27. The SMILES string of the molecule is O=C(C1CCOCC1)N1CC=C(c2ccccn2)CC1. The second-order valence-electron chi connectivity index (χ2n) is 5.37. The number of hydrogen-bond donors (Lipinski definition) is 0. The topological polar surface area (TPSA) is 42.4 Å². The second-order valence-corrected chi connectivity index (χ2v) is 5.37. The molecule has 0 spiro atoms. The first-order valence-electron chi connectivity index (χ1n) is 7.31. The number of pyridine rings is 1. The third kappa shape index (κ3) is 2.90. The van der Waals surface area contributed by atoms with E-state index >= 15 is 0 Å². The van der Waals surface area contributed by atoms with Crippen molar-refractivity contribution >= 4 is 11.5 Å². The lowest BCUT2D eigenvalue weighted by Crippen LogP contribution is -2.40. The maximum atomic E-state index is 12.4. The van der Waals surface area contributed by atoms with Gasteiger partial charge in [-0.2, -0.15) is 0 Å². The molecule has 2 aliphatic rings. The molecular formula is C16H20N2O2. The van der Waals surface area contributed by atoms with Crippen molar-refractivity contribution in [2.45, 2.75) is 19.3 Å². The van der Waals surface area contributed by atoms with E-state index in [0.29, 0.717) is 12.5 Å². The average molecular weight is 272 g/mol. The van der Waals surface area contributed by atoms with Crippen LogP contribution in [0, 0.1) is 5.92 Å². The third-order valence-electron chi connectivity index (χ3n) is 4.09. The van der Waals surface area contributed by atoms with Crippen LogP contribution >= 0.6 is 0 Å². The van der Waals surface area contributed by atoms with Crippen LogP contribution in [0.3, 0.4) is 0 Å². The summed E-state index contributed by atoms with van der Waals surface area (Å²) in [4.78, 5) is 18.8. The lowest BCUT2D eigenvalue weighted by Gasteiger charge is -2.31. The molecule has 0 aliphatic carbocycles. The normalized spacial score (nSPS) is 20.6. The van der Waals surface area contributed by atoms with Gasteiger partial charge in [-0.3, -0.25) is 9.78 Å². The molecule has 0 aromatic carbocycles. The predicted octanol–water partition coefficient (Wildman–Crippen LogP) is 2.12. The first kappa shape index (κ1) is 13.3. The molecule has 4 heteroatoms. The molecule has 0 bridgehead atoms. The largest absolute Gasteiger partial charge is 0.381 e. The summed E-state index contributed by atoms with van der Waals surface area (Å²) in [5.74, 6) is 0.457. The minimum absolute atomic E-state index is 0.161. The van der Waals surface area contributed by atoms with Crippen molar-refractivity contribution in [3.63, 3.8) is 0 Å². The summed E-state index contributed by atoms with van der Waals surface area (Å²) in [7, 11) is 0. The zero-order valence-corrected chi connectivity index (χ0v) is 11.6. The van der Waals surface area contributed by atoms with Gasteiger partial charge in [0, 0.05) is 38.4 Å². The Hall–Kier alpha value is -1.68. The van der Waals surface area contributed by atoms with Gasteiger partial charge in [-0.25, -0.2) is 0 Å². The molecule has 3 rings (SSSR count). The molecule has 3 heterocycles. The number of carbonyl (C=O) groups excluding carboxylic acids is 1. The number of ether oxygens (including phenoxy) is 1. The van der Waals surface area contributed by atoms with Gasteiger partial charge in [0.1, 0.15) is 0 Å². The van der Waals surface area contributed by atoms with Gasteiger partial charge >= 0.3 is 0 Å². The van der Waals surface area contributed by atoms with E-state index in [1.807, 2.05) is 29.3 Å². The lowest BCUT2D eigenvalue weighted by atomic mass is 9.97. The van der Waals surface area contributed by atoms with Gasteiger partial charge in [-0.05, 0) is 37.0 Å². The van der Waals surface area contributed by atoms with Crippen LogP contribution < -0.4 is 0 Å². The van der Waals surface area contributed by atoms with Crippen LogP contribution in [0.1, 0.15) is 25.0 Å². The van der Waals surface area contributed by atoms with Gasteiger partial charge in [-0.1, -0.05) is 12.1 Å². The van der Waals surface area contributed by atoms with Crippen molar-refractivity contribution < 1.29 is 9.53 Å². The predicted molar refractivity (Wildman–Crippen MR) is 77.0 cm³/mol. The molecule has 0 N–H and O–H groups in total. The molecule has 1 amide bonds. The Bertz CT molecular complexity index is 492. The summed E-state index contributed by atoms with van der Waals surface area (Å²) >= 11 is 0. The smallest absolute Gasteiger partial charge is 0.226 e. The van der Waals surface area contributed by atoms with Crippen LogP contribution in [0.2, 0.25) is 0 Å². The van der Waals surface area contributed by atoms with E-state index in [1.165, 1.54) is 5.57 Å². The fraction of sp³-hybridized carbons (Fsp3) is 0.500. The van der Waals surface area contributed by atoms with Crippen molar-refractivity contribution in [2.24, 2.45) is 5.92 Å². The number of rotatable bonds is 2. The molecule has 0 radical (unpaired) electrons. The van der Waals surface area contributed by atoms with Gasteiger partial charge in [0.15, 0.2) is 0 Å². The van der Waals surface area contributed by atoms with E-state index in [0.717, 1.165) is 44.7 Å². The second kappa shape index (κ2) is 6.18. The molecular weight excluding hydrogens is 252 g/mol. The van der Waals surface area contributed by atoms with Crippen molar-refractivity contribution in [1.82, 2.24) is 9.88 Å². The summed E-state index contributed by atoms with van der Waals surface area (Å²) in [6, 6.07) is 5.96. The minimum atomic E-state index is 0.161. The van der Waals surface area contributed by atoms with Crippen molar-refractivity contribution in [3.8, 4) is 0 Å². The van der Waals surface area contributed by atoms with Gasteiger partial charge in [0.2, 0.25) is 5.91 Å². The van der Waals surface area contributed by atoms with Crippen LogP contribution in [0.4, 0.5) is 0 Å². The zero-order valence-electron chi connectivity index (χ0n) is 11.6. The molecule has 20 heavy (non-hydrogen) atoms. The maximum Gasteiger partial charge on any atom is 0.226 e. The van der Waals surface area contributed by atoms with Crippen molar-refractivity contribution in [2.75, 3.05) is 26.3 Å². The number of nitrogens with zero attached hydrogens (tertiary/aromatic N) is 2. The molecule has 1 saturated heterocycles. The first-order valence-corrected chi connectivity index (χ1v) is 7.31. The van der Waals surface area contributed by atoms with Crippen LogP contribution in [0.25, 0.3) is 5.57 Å². The maximum absolute atomic E-state index is 12.4. The first-order chi connectivity index (χ1) is 9.84. The molecule has 1 fully saturated rings. The van der Waals surface area contributed by atoms with Gasteiger partial charge < -0.3 is 9.64 Å². The van der Waals surface area contributed by atoms with E-state index < -0.39 is 0 Å². The molecule has 2 aliphatic heterocycles. The van der Waals surface area contributed by atoms with Crippen LogP contribution in [0.5, 0.6) is 0 Å². The number of aromatic nitrogens is 1. The van der Waals surface area contributed by atoms with E-state index in [9.17, 15) is 4.79 Å². The lowest BCUT2D eigenvalue weighted by molar-refractivity contribution is -0.138. The fourth-order valence-corrected chi connectivity index (χ4v) is 2.86. The molecule has 106 valence electrons. The number of hydrogen-bond acceptors (Lipinski definition) is 3. The Kier molecular flexibility index (Phi) is 4.11. The molecule has 1 aromatic rings. The Labute approximate surface area is 119 Å². The van der Waals surface area contributed by atoms with E-state index in [1.54, 1.807) is 0 Å². The summed E-state index contributed by atoms with van der Waals surface area (Å²) in [5.41, 5.74) is 2.28.